The van der Waals surface area contributed by atoms with Crippen LogP contribution >= 0.6 is 0 Å². The molecule has 0 saturated heterocycles. The van der Waals surface area contributed by atoms with Gasteiger partial charge in [-0.3, -0.25) is 4.79 Å². The maximum atomic E-state index is 12.0. The van der Waals surface area contributed by atoms with Crippen molar-refractivity contribution in [1.82, 2.24) is 9.97 Å². The SMILES string of the molecule is CCC(C)C(N)C(=O)c1nccnc1OC. The summed E-state index contributed by atoms with van der Waals surface area (Å²) in [7, 11) is 1.45. The third-order valence-corrected chi connectivity index (χ3v) is 2.65. The lowest BCUT2D eigenvalue weighted by molar-refractivity contribution is 0.0925. The van der Waals surface area contributed by atoms with Gasteiger partial charge >= 0.3 is 0 Å². The van der Waals surface area contributed by atoms with E-state index in [4.69, 9.17) is 10.5 Å². The fourth-order valence-corrected chi connectivity index (χ4v) is 1.31. The number of rotatable bonds is 5. The van der Waals surface area contributed by atoms with E-state index < -0.39 is 6.04 Å². The molecule has 0 aliphatic heterocycles. The lowest BCUT2D eigenvalue weighted by Crippen LogP contribution is -2.37. The average Bonchev–Trinajstić information content (AvgIpc) is 2.35. The fourth-order valence-electron chi connectivity index (χ4n) is 1.31. The number of hydrogen-bond donors (Lipinski definition) is 1. The number of hydrogen-bond acceptors (Lipinski definition) is 5. The molecule has 16 heavy (non-hydrogen) atoms. The molecular weight excluding hydrogens is 206 g/mol. The molecule has 1 aromatic heterocycles. The molecule has 0 fully saturated rings. The van der Waals surface area contributed by atoms with E-state index in [1.807, 2.05) is 13.8 Å². The smallest absolute Gasteiger partial charge is 0.243 e. The van der Waals surface area contributed by atoms with Crippen molar-refractivity contribution in [2.45, 2.75) is 26.3 Å². The van der Waals surface area contributed by atoms with Crippen LogP contribution in [0.5, 0.6) is 5.88 Å². The number of ether oxygens (including phenoxy) is 1. The van der Waals surface area contributed by atoms with E-state index in [-0.39, 0.29) is 23.3 Å². The number of Topliss-reactive ketones (excluding diaryl/α,β-unsaturated/α-hetero) is 1. The van der Waals surface area contributed by atoms with Crippen molar-refractivity contribution in [1.29, 1.82) is 0 Å². The molecule has 0 aromatic carbocycles. The van der Waals surface area contributed by atoms with Gasteiger partial charge in [-0.05, 0) is 5.92 Å². The van der Waals surface area contributed by atoms with Gasteiger partial charge in [0.15, 0.2) is 5.69 Å². The van der Waals surface area contributed by atoms with Crippen molar-refractivity contribution in [2.75, 3.05) is 7.11 Å². The van der Waals surface area contributed by atoms with E-state index in [9.17, 15) is 4.79 Å². The Bertz CT molecular complexity index is 368. The van der Waals surface area contributed by atoms with E-state index >= 15 is 0 Å². The normalized spacial score (nSPS) is 14.2. The Morgan fingerprint density at radius 3 is 2.69 bits per heavy atom. The highest BCUT2D eigenvalue weighted by Crippen LogP contribution is 2.16. The molecule has 5 heteroatoms. The Balaban J connectivity index is 2.95. The molecule has 2 unspecified atom stereocenters. The molecule has 0 aliphatic rings. The third-order valence-electron chi connectivity index (χ3n) is 2.65. The summed E-state index contributed by atoms with van der Waals surface area (Å²) in [6.07, 6.45) is 3.78. The minimum atomic E-state index is -0.560. The zero-order chi connectivity index (χ0) is 12.1. The summed E-state index contributed by atoms with van der Waals surface area (Å²) in [5, 5.41) is 0. The first kappa shape index (κ1) is 12.6. The molecule has 1 rings (SSSR count). The molecule has 2 N–H and O–H groups in total. The molecule has 88 valence electrons. The summed E-state index contributed by atoms with van der Waals surface area (Å²) in [4.78, 5) is 19.9. The van der Waals surface area contributed by atoms with Crippen LogP contribution in [0.25, 0.3) is 0 Å². The van der Waals surface area contributed by atoms with Crippen LogP contribution in [0.3, 0.4) is 0 Å². The standard InChI is InChI=1S/C11H17N3O2/c1-4-7(2)8(12)10(15)9-11(16-3)14-6-5-13-9/h5-8H,4,12H2,1-3H3. The summed E-state index contributed by atoms with van der Waals surface area (Å²) in [5.41, 5.74) is 6.06. The van der Waals surface area contributed by atoms with Crippen molar-refractivity contribution in [3.05, 3.63) is 18.1 Å². The molecule has 0 bridgehead atoms. The quantitative estimate of drug-likeness (QED) is 0.754. The van der Waals surface area contributed by atoms with Gasteiger partial charge in [0.2, 0.25) is 11.7 Å². The number of aromatic nitrogens is 2. The lowest BCUT2D eigenvalue weighted by Gasteiger charge is -2.16. The predicted octanol–water partition coefficient (Wildman–Crippen LogP) is 1.04. The second kappa shape index (κ2) is 5.55. The van der Waals surface area contributed by atoms with Crippen molar-refractivity contribution < 1.29 is 9.53 Å². The van der Waals surface area contributed by atoms with Gasteiger partial charge in [0.05, 0.1) is 13.2 Å². The molecule has 2 atom stereocenters. The summed E-state index contributed by atoms with van der Waals surface area (Å²) in [6.45, 7) is 3.93. The van der Waals surface area contributed by atoms with Crippen molar-refractivity contribution >= 4 is 5.78 Å². The molecule has 0 aliphatic carbocycles. The van der Waals surface area contributed by atoms with Crippen LogP contribution in [-0.4, -0.2) is 28.9 Å². The number of carbonyl (C=O) groups excluding carboxylic acids is 1. The monoisotopic (exact) mass is 223 g/mol. The van der Waals surface area contributed by atoms with Crippen molar-refractivity contribution in [3.8, 4) is 5.88 Å². The van der Waals surface area contributed by atoms with Crippen LogP contribution in [0.1, 0.15) is 30.8 Å². The summed E-state index contributed by atoms with van der Waals surface area (Å²) >= 11 is 0. The van der Waals surface area contributed by atoms with Gasteiger partial charge in [-0.15, -0.1) is 0 Å². The maximum absolute atomic E-state index is 12.0. The Morgan fingerprint density at radius 1 is 1.50 bits per heavy atom. The maximum Gasteiger partial charge on any atom is 0.243 e. The van der Waals surface area contributed by atoms with Gasteiger partial charge in [0, 0.05) is 12.4 Å². The number of ketones is 1. The van der Waals surface area contributed by atoms with Gasteiger partial charge in [0.1, 0.15) is 0 Å². The number of nitrogens with zero attached hydrogens (tertiary/aromatic N) is 2. The van der Waals surface area contributed by atoms with E-state index in [1.54, 1.807) is 0 Å². The Kier molecular flexibility index (Phi) is 4.37. The van der Waals surface area contributed by atoms with Gasteiger partial charge in [-0.1, -0.05) is 20.3 Å². The summed E-state index contributed by atoms with van der Waals surface area (Å²) in [6, 6.07) is -0.560. The second-order valence-electron chi connectivity index (χ2n) is 3.69. The van der Waals surface area contributed by atoms with E-state index in [1.165, 1.54) is 19.5 Å². The molecule has 1 aromatic rings. The van der Waals surface area contributed by atoms with Gasteiger partial charge in [-0.2, -0.15) is 0 Å². The number of nitrogens with two attached hydrogens (primary N) is 1. The average molecular weight is 223 g/mol. The van der Waals surface area contributed by atoms with E-state index in [2.05, 4.69) is 9.97 Å². The van der Waals surface area contributed by atoms with Crippen LogP contribution in [0, 0.1) is 5.92 Å². The lowest BCUT2D eigenvalue weighted by atomic mass is 9.95. The molecule has 0 amide bonds. The van der Waals surface area contributed by atoms with Gasteiger partial charge in [-0.25, -0.2) is 9.97 Å². The molecule has 0 spiro atoms. The third kappa shape index (κ3) is 2.55. The largest absolute Gasteiger partial charge is 0.479 e. The fraction of sp³-hybridized carbons (Fsp3) is 0.545. The zero-order valence-corrected chi connectivity index (χ0v) is 9.80. The Hall–Kier alpha value is -1.49. The molecule has 5 nitrogen and oxygen atoms in total. The van der Waals surface area contributed by atoms with Crippen LogP contribution in [0.2, 0.25) is 0 Å². The molecule has 0 radical (unpaired) electrons. The summed E-state index contributed by atoms with van der Waals surface area (Å²) in [5.74, 6) is 0.116. The highest BCUT2D eigenvalue weighted by molar-refractivity contribution is 6.00. The van der Waals surface area contributed by atoms with E-state index in [0.717, 1.165) is 6.42 Å². The van der Waals surface area contributed by atoms with Crippen LogP contribution in [0.15, 0.2) is 12.4 Å². The minimum Gasteiger partial charge on any atom is -0.479 e. The van der Waals surface area contributed by atoms with Crippen LogP contribution in [-0.2, 0) is 0 Å². The molecule has 0 saturated carbocycles. The highest BCUT2D eigenvalue weighted by atomic mass is 16.5. The first-order valence-electron chi connectivity index (χ1n) is 5.26. The molecular formula is C11H17N3O2. The number of carbonyl (C=O) groups is 1. The van der Waals surface area contributed by atoms with Gasteiger partial charge < -0.3 is 10.5 Å². The molecule has 1 heterocycles. The summed E-state index contributed by atoms with van der Waals surface area (Å²) < 4.78 is 4.98. The second-order valence-corrected chi connectivity index (χ2v) is 3.69. The first-order valence-corrected chi connectivity index (χ1v) is 5.26. The number of methoxy groups -OCH3 is 1. The Labute approximate surface area is 95.0 Å². The highest BCUT2D eigenvalue weighted by Gasteiger charge is 2.25. The Morgan fingerprint density at radius 2 is 2.12 bits per heavy atom. The zero-order valence-electron chi connectivity index (χ0n) is 9.80. The topological polar surface area (TPSA) is 78.1 Å². The van der Waals surface area contributed by atoms with E-state index in [0.29, 0.717) is 0 Å². The first-order chi connectivity index (χ1) is 7.61. The minimum absolute atomic E-state index is 0.110. The van der Waals surface area contributed by atoms with Crippen LogP contribution in [0.4, 0.5) is 0 Å². The van der Waals surface area contributed by atoms with Crippen molar-refractivity contribution in [3.63, 3.8) is 0 Å². The predicted molar refractivity (Wildman–Crippen MR) is 60.3 cm³/mol. The van der Waals surface area contributed by atoms with Crippen LogP contribution < -0.4 is 10.5 Å². The van der Waals surface area contributed by atoms with Crippen molar-refractivity contribution in [2.24, 2.45) is 11.7 Å². The van der Waals surface area contributed by atoms with Gasteiger partial charge in [0.25, 0.3) is 0 Å².